The average molecular weight is 330 g/mol. The Morgan fingerprint density at radius 1 is 1.17 bits per heavy atom. The summed E-state index contributed by atoms with van der Waals surface area (Å²) in [6.07, 6.45) is 2.35. The molecular formula is C19H30N4O. The maximum absolute atomic E-state index is 12.4. The first-order chi connectivity index (χ1) is 11.6. The van der Waals surface area contributed by atoms with Gasteiger partial charge in [0.05, 0.1) is 0 Å². The molecule has 5 heteroatoms. The molecule has 24 heavy (non-hydrogen) atoms. The van der Waals surface area contributed by atoms with Crippen molar-refractivity contribution in [2.24, 2.45) is 5.92 Å². The number of piperidine rings is 1. The maximum atomic E-state index is 12.4. The second-order valence-electron chi connectivity index (χ2n) is 7.27. The molecule has 2 aliphatic heterocycles. The van der Waals surface area contributed by atoms with E-state index in [-0.39, 0.29) is 6.03 Å². The molecule has 1 atom stereocenters. The van der Waals surface area contributed by atoms with Crippen molar-refractivity contribution in [1.29, 1.82) is 0 Å². The van der Waals surface area contributed by atoms with Gasteiger partial charge in [-0.05, 0) is 37.4 Å². The van der Waals surface area contributed by atoms with Crippen LogP contribution in [0.4, 0.5) is 10.5 Å². The van der Waals surface area contributed by atoms with Crippen LogP contribution >= 0.6 is 0 Å². The average Bonchev–Trinajstić information content (AvgIpc) is 2.61. The van der Waals surface area contributed by atoms with Gasteiger partial charge in [-0.1, -0.05) is 25.1 Å². The highest BCUT2D eigenvalue weighted by atomic mass is 16.2. The minimum Gasteiger partial charge on any atom is -0.369 e. The zero-order chi connectivity index (χ0) is 16.9. The number of piperazine rings is 1. The summed E-state index contributed by atoms with van der Waals surface area (Å²) in [5, 5.41) is 3.13. The number of likely N-dealkylation sites (N-methyl/N-ethyl adjacent to an activating group) is 1. The van der Waals surface area contributed by atoms with E-state index in [1.807, 2.05) is 4.90 Å². The third-order valence-corrected chi connectivity index (χ3v) is 5.21. The van der Waals surface area contributed by atoms with Gasteiger partial charge in [-0.2, -0.15) is 0 Å². The summed E-state index contributed by atoms with van der Waals surface area (Å²) in [6, 6.07) is 8.53. The third kappa shape index (κ3) is 4.20. The number of carbonyl (C=O) groups is 1. The predicted octanol–water partition coefficient (Wildman–Crippen LogP) is 2.38. The fourth-order valence-electron chi connectivity index (χ4n) is 3.67. The quantitative estimate of drug-likeness (QED) is 0.925. The Kier molecular flexibility index (Phi) is 5.61. The number of benzene rings is 1. The summed E-state index contributed by atoms with van der Waals surface area (Å²) in [4.78, 5) is 19.2. The van der Waals surface area contributed by atoms with Crippen molar-refractivity contribution in [2.75, 3.05) is 51.2 Å². The van der Waals surface area contributed by atoms with Crippen molar-refractivity contribution in [3.63, 3.8) is 0 Å². The van der Waals surface area contributed by atoms with Crippen LogP contribution in [0.1, 0.15) is 25.3 Å². The Labute approximate surface area is 145 Å². The molecule has 0 unspecified atom stereocenters. The van der Waals surface area contributed by atoms with Crippen LogP contribution in [0, 0.1) is 5.92 Å². The minimum absolute atomic E-state index is 0.0785. The number of nitrogens with zero attached hydrogens (tertiary/aromatic N) is 3. The predicted molar refractivity (Wildman–Crippen MR) is 98.4 cm³/mol. The number of nitrogens with one attached hydrogen (secondary N) is 1. The van der Waals surface area contributed by atoms with E-state index in [4.69, 9.17) is 0 Å². The van der Waals surface area contributed by atoms with Gasteiger partial charge in [-0.15, -0.1) is 0 Å². The number of anilines is 1. The van der Waals surface area contributed by atoms with Crippen molar-refractivity contribution in [3.05, 3.63) is 29.8 Å². The summed E-state index contributed by atoms with van der Waals surface area (Å²) in [6.45, 7) is 8.87. The van der Waals surface area contributed by atoms with Gasteiger partial charge in [0.15, 0.2) is 0 Å². The molecule has 2 amide bonds. The smallest absolute Gasteiger partial charge is 0.317 e. The van der Waals surface area contributed by atoms with E-state index in [9.17, 15) is 4.79 Å². The Hall–Kier alpha value is -1.75. The number of hydrogen-bond donors (Lipinski definition) is 1. The molecule has 0 aromatic heterocycles. The van der Waals surface area contributed by atoms with Crippen LogP contribution in [0.2, 0.25) is 0 Å². The zero-order valence-corrected chi connectivity index (χ0v) is 15.0. The first-order valence-electron chi connectivity index (χ1n) is 9.17. The van der Waals surface area contributed by atoms with Crippen molar-refractivity contribution < 1.29 is 4.79 Å². The lowest BCUT2D eigenvalue weighted by Gasteiger charge is -2.35. The molecule has 2 aliphatic rings. The Morgan fingerprint density at radius 2 is 1.92 bits per heavy atom. The first kappa shape index (κ1) is 17.1. The minimum atomic E-state index is 0.0785. The van der Waals surface area contributed by atoms with E-state index in [1.54, 1.807) is 0 Å². The Balaban J connectivity index is 1.60. The van der Waals surface area contributed by atoms with Crippen LogP contribution < -0.4 is 10.2 Å². The van der Waals surface area contributed by atoms with Crippen LogP contribution in [-0.2, 0) is 6.54 Å². The molecule has 3 rings (SSSR count). The molecule has 5 nitrogen and oxygen atoms in total. The molecule has 2 saturated heterocycles. The lowest BCUT2D eigenvalue weighted by atomic mass is 10.0. The summed E-state index contributed by atoms with van der Waals surface area (Å²) in [7, 11) is 2.17. The molecule has 0 radical (unpaired) electrons. The summed E-state index contributed by atoms with van der Waals surface area (Å²) in [5.41, 5.74) is 2.47. The second-order valence-corrected chi connectivity index (χ2v) is 7.27. The van der Waals surface area contributed by atoms with Gasteiger partial charge in [0.2, 0.25) is 0 Å². The number of likely N-dealkylation sites (tertiary alicyclic amines) is 1. The van der Waals surface area contributed by atoms with Crippen molar-refractivity contribution >= 4 is 11.7 Å². The van der Waals surface area contributed by atoms with Crippen LogP contribution in [0.5, 0.6) is 0 Å². The van der Waals surface area contributed by atoms with E-state index in [0.29, 0.717) is 12.5 Å². The van der Waals surface area contributed by atoms with Crippen LogP contribution in [0.25, 0.3) is 0 Å². The fourth-order valence-corrected chi connectivity index (χ4v) is 3.67. The highest BCUT2D eigenvalue weighted by Crippen LogP contribution is 2.22. The van der Waals surface area contributed by atoms with Gasteiger partial charge < -0.3 is 20.0 Å². The number of carbonyl (C=O) groups excluding carboxylic acids is 1. The van der Waals surface area contributed by atoms with E-state index >= 15 is 0 Å². The molecule has 0 spiro atoms. The maximum Gasteiger partial charge on any atom is 0.317 e. The van der Waals surface area contributed by atoms with E-state index in [1.165, 1.54) is 17.7 Å². The van der Waals surface area contributed by atoms with E-state index in [0.717, 1.165) is 45.7 Å². The van der Waals surface area contributed by atoms with Crippen LogP contribution in [0.15, 0.2) is 24.3 Å². The van der Waals surface area contributed by atoms with Crippen molar-refractivity contribution in [2.45, 2.75) is 26.3 Å². The molecule has 2 heterocycles. The van der Waals surface area contributed by atoms with E-state index in [2.05, 4.69) is 53.4 Å². The summed E-state index contributed by atoms with van der Waals surface area (Å²) in [5.74, 6) is 0.613. The molecule has 0 saturated carbocycles. The van der Waals surface area contributed by atoms with E-state index < -0.39 is 0 Å². The topological polar surface area (TPSA) is 38.8 Å². The summed E-state index contributed by atoms with van der Waals surface area (Å²) < 4.78 is 0. The number of para-hydroxylation sites is 1. The molecule has 1 aromatic rings. The SMILES string of the molecule is C[C@@H]1CCCN(C(=O)NCc2ccccc2N2CCN(C)CC2)C1. The Bertz CT molecular complexity index is 554. The molecule has 0 bridgehead atoms. The fraction of sp³-hybridized carbons (Fsp3) is 0.632. The number of hydrogen-bond acceptors (Lipinski definition) is 3. The lowest BCUT2D eigenvalue weighted by Crippen LogP contribution is -2.46. The largest absolute Gasteiger partial charge is 0.369 e. The van der Waals surface area contributed by atoms with Gasteiger partial charge in [-0.25, -0.2) is 4.79 Å². The van der Waals surface area contributed by atoms with Gasteiger partial charge in [0.1, 0.15) is 0 Å². The Morgan fingerprint density at radius 3 is 2.67 bits per heavy atom. The summed E-state index contributed by atoms with van der Waals surface area (Å²) >= 11 is 0. The normalized spacial score (nSPS) is 22.5. The van der Waals surface area contributed by atoms with Crippen molar-refractivity contribution in [1.82, 2.24) is 15.1 Å². The standard InChI is InChI=1S/C19H30N4O/c1-16-6-5-9-23(15-16)19(24)20-14-17-7-3-4-8-18(17)22-12-10-21(2)11-13-22/h3-4,7-8,16H,5-6,9-15H2,1-2H3,(H,20,24)/t16-/m1/s1. The van der Waals surface area contributed by atoms with Crippen LogP contribution in [0.3, 0.4) is 0 Å². The number of rotatable bonds is 3. The third-order valence-electron chi connectivity index (χ3n) is 5.21. The van der Waals surface area contributed by atoms with Gasteiger partial charge >= 0.3 is 6.03 Å². The highest BCUT2D eigenvalue weighted by Gasteiger charge is 2.21. The monoisotopic (exact) mass is 330 g/mol. The highest BCUT2D eigenvalue weighted by molar-refractivity contribution is 5.74. The first-order valence-corrected chi connectivity index (χ1v) is 9.17. The van der Waals surface area contributed by atoms with Gasteiger partial charge in [0.25, 0.3) is 0 Å². The number of urea groups is 1. The second kappa shape index (κ2) is 7.88. The molecular weight excluding hydrogens is 300 g/mol. The number of amides is 2. The van der Waals surface area contributed by atoms with Gasteiger partial charge in [-0.3, -0.25) is 0 Å². The zero-order valence-electron chi connectivity index (χ0n) is 15.0. The van der Waals surface area contributed by atoms with Gasteiger partial charge in [0, 0.05) is 51.5 Å². The molecule has 0 aliphatic carbocycles. The molecule has 1 N–H and O–H groups in total. The van der Waals surface area contributed by atoms with Crippen molar-refractivity contribution in [3.8, 4) is 0 Å². The molecule has 132 valence electrons. The molecule has 1 aromatic carbocycles. The van der Waals surface area contributed by atoms with Crippen LogP contribution in [-0.4, -0.2) is 62.1 Å². The lowest BCUT2D eigenvalue weighted by molar-refractivity contribution is 0.169. The molecule has 2 fully saturated rings.